The Morgan fingerprint density at radius 2 is 0.773 bits per heavy atom. The number of nitrogens with zero attached hydrogens (tertiary/aromatic N) is 2. The molecule has 0 spiro atoms. The summed E-state index contributed by atoms with van der Waals surface area (Å²) in [4.78, 5) is 0. The van der Waals surface area contributed by atoms with Crippen LogP contribution in [0, 0.1) is 0 Å². The molecule has 22 heavy (non-hydrogen) atoms. The molecule has 0 aliphatic heterocycles. The molecule has 0 aliphatic carbocycles. The van der Waals surface area contributed by atoms with E-state index in [0.717, 1.165) is 0 Å². The van der Waals surface area contributed by atoms with Crippen molar-refractivity contribution in [3.05, 3.63) is 97.6 Å². The molecule has 2 nitrogen and oxygen atoms in total. The summed E-state index contributed by atoms with van der Waals surface area (Å²) in [7, 11) is 0. The first-order chi connectivity index (χ1) is 10.9. The van der Waals surface area contributed by atoms with Crippen LogP contribution in [0.2, 0.25) is 0 Å². The van der Waals surface area contributed by atoms with Gasteiger partial charge in [-0.25, -0.2) is 0 Å². The van der Waals surface area contributed by atoms with E-state index in [1.807, 2.05) is 0 Å². The van der Waals surface area contributed by atoms with Gasteiger partial charge < -0.3 is 9.13 Å². The van der Waals surface area contributed by atoms with Gasteiger partial charge in [-0.15, -0.1) is 0 Å². The molecule has 0 bridgehead atoms. The summed E-state index contributed by atoms with van der Waals surface area (Å²) in [6, 6.07) is 25.2. The van der Waals surface area contributed by atoms with Crippen LogP contribution in [0.15, 0.2) is 97.6 Å². The minimum atomic E-state index is 1.19. The lowest BCUT2D eigenvalue weighted by Crippen LogP contribution is -1.98. The minimum absolute atomic E-state index is 1.19. The lowest BCUT2D eigenvalue weighted by Gasteiger charge is -2.15. The van der Waals surface area contributed by atoms with Crippen molar-refractivity contribution < 1.29 is 0 Å². The van der Waals surface area contributed by atoms with Crippen LogP contribution >= 0.6 is 0 Å². The second kappa shape index (κ2) is 5.41. The molecule has 4 rings (SSSR count). The predicted octanol–water partition coefficient (Wildman–Crippen LogP) is 4.94. The van der Waals surface area contributed by atoms with Crippen molar-refractivity contribution in [2.45, 2.75) is 0 Å². The van der Waals surface area contributed by atoms with Gasteiger partial charge in [0.1, 0.15) is 0 Å². The molecule has 0 amide bonds. The quantitative estimate of drug-likeness (QED) is 0.504. The number of rotatable bonds is 3. The highest BCUT2D eigenvalue weighted by Gasteiger charge is 2.10. The van der Waals surface area contributed by atoms with Crippen molar-refractivity contribution >= 4 is 0 Å². The van der Waals surface area contributed by atoms with Crippen LogP contribution in [0.1, 0.15) is 0 Å². The zero-order valence-corrected chi connectivity index (χ0v) is 12.1. The summed E-state index contributed by atoms with van der Waals surface area (Å²) in [5.41, 5.74) is 4.82. The zero-order chi connectivity index (χ0) is 14.8. The summed E-state index contributed by atoms with van der Waals surface area (Å²) >= 11 is 0. The van der Waals surface area contributed by atoms with Crippen LogP contribution < -0.4 is 0 Å². The van der Waals surface area contributed by atoms with Crippen molar-refractivity contribution in [1.29, 1.82) is 0 Å². The molecule has 0 N–H and O–H groups in total. The van der Waals surface area contributed by atoms with Crippen molar-refractivity contribution in [3.8, 4) is 22.5 Å². The van der Waals surface area contributed by atoms with E-state index in [-0.39, 0.29) is 0 Å². The number of aromatic nitrogens is 2. The first kappa shape index (κ1) is 12.7. The third-order valence-corrected chi connectivity index (χ3v) is 3.86. The summed E-state index contributed by atoms with van der Waals surface area (Å²) in [5, 5.41) is 0. The lowest BCUT2D eigenvalue weighted by molar-refractivity contribution is 1.07. The van der Waals surface area contributed by atoms with Gasteiger partial charge in [-0.3, -0.25) is 0 Å². The highest BCUT2D eigenvalue weighted by atomic mass is 15.0. The van der Waals surface area contributed by atoms with Crippen LogP contribution in [-0.2, 0) is 0 Å². The summed E-state index contributed by atoms with van der Waals surface area (Å²) in [5.74, 6) is 0. The number of para-hydroxylation sites is 2. The third-order valence-electron chi connectivity index (χ3n) is 3.86. The molecule has 0 fully saturated rings. The topological polar surface area (TPSA) is 9.86 Å². The van der Waals surface area contributed by atoms with Gasteiger partial charge in [-0.2, -0.15) is 0 Å². The minimum Gasteiger partial charge on any atom is -0.323 e. The molecular weight excluding hydrogens is 268 g/mol. The second-order valence-corrected chi connectivity index (χ2v) is 5.21. The Bertz CT molecular complexity index is 796. The van der Waals surface area contributed by atoms with Gasteiger partial charge in [0.2, 0.25) is 0 Å². The smallest absolute Gasteiger partial charge is 0.0528 e. The molecule has 2 aromatic carbocycles. The molecule has 106 valence electrons. The largest absolute Gasteiger partial charge is 0.323 e. The summed E-state index contributed by atoms with van der Waals surface area (Å²) in [6.07, 6.45) is 8.32. The van der Waals surface area contributed by atoms with Crippen LogP contribution in [0.4, 0.5) is 0 Å². The molecule has 0 unspecified atom stereocenters. The Morgan fingerprint density at radius 1 is 0.409 bits per heavy atom. The number of hydrogen-bond acceptors (Lipinski definition) is 0. The van der Waals surface area contributed by atoms with Gasteiger partial charge in [-0.1, -0.05) is 36.4 Å². The highest BCUT2D eigenvalue weighted by molar-refractivity contribution is 5.79. The molecule has 2 heterocycles. The van der Waals surface area contributed by atoms with E-state index in [2.05, 4.69) is 107 Å². The van der Waals surface area contributed by atoms with E-state index in [1.165, 1.54) is 22.5 Å². The Kier molecular flexibility index (Phi) is 3.13. The first-order valence-corrected chi connectivity index (χ1v) is 7.38. The van der Waals surface area contributed by atoms with E-state index < -0.39 is 0 Å². The Hall–Kier alpha value is -3.00. The number of hydrogen-bond donors (Lipinski definition) is 0. The predicted molar refractivity (Wildman–Crippen MR) is 90.5 cm³/mol. The fourth-order valence-electron chi connectivity index (χ4n) is 2.84. The molecule has 0 radical (unpaired) electrons. The zero-order valence-electron chi connectivity index (χ0n) is 12.1. The molecular formula is C20H16N2. The molecule has 4 aromatic rings. The number of benzene rings is 2. The van der Waals surface area contributed by atoms with Gasteiger partial charge in [0, 0.05) is 35.9 Å². The van der Waals surface area contributed by atoms with Crippen molar-refractivity contribution in [2.75, 3.05) is 0 Å². The van der Waals surface area contributed by atoms with Crippen molar-refractivity contribution in [1.82, 2.24) is 9.13 Å². The summed E-state index contributed by atoms with van der Waals surface area (Å²) in [6.45, 7) is 0. The van der Waals surface area contributed by atoms with Gasteiger partial charge >= 0.3 is 0 Å². The SMILES string of the molecule is c1ccc(-n2cccc2)c(-c2ccccc2-n2cccc2)c1. The average Bonchev–Trinajstić information content (AvgIpc) is 3.28. The van der Waals surface area contributed by atoms with Gasteiger partial charge in [-0.05, 0) is 36.4 Å². The maximum atomic E-state index is 2.18. The molecule has 2 heteroatoms. The maximum Gasteiger partial charge on any atom is 0.0528 e. The van der Waals surface area contributed by atoms with E-state index in [1.54, 1.807) is 0 Å². The van der Waals surface area contributed by atoms with Crippen LogP contribution in [0.3, 0.4) is 0 Å². The second-order valence-electron chi connectivity index (χ2n) is 5.21. The normalized spacial score (nSPS) is 10.7. The van der Waals surface area contributed by atoms with Crippen molar-refractivity contribution in [2.24, 2.45) is 0 Å². The van der Waals surface area contributed by atoms with E-state index in [9.17, 15) is 0 Å². The van der Waals surface area contributed by atoms with Crippen LogP contribution in [-0.4, -0.2) is 9.13 Å². The third kappa shape index (κ3) is 2.15. The molecule has 0 saturated heterocycles. The van der Waals surface area contributed by atoms with E-state index in [0.29, 0.717) is 0 Å². The summed E-state index contributed by atoms with van der Waals surface area (Å²) < 4.78 is 4.31. The Morgan fingerprint density at radius 3 is 1.18 bits per heavy atom. The monoisotopic (exact) mass is 284 g/mol. The fraction of sp³-hybridized carbons (Fsp3) is 0. The van der Waals surface area contributed by atoms with Gasteiger partial charge in [0.15, 0.2) is 0 Å². The first-order valence-electron chi connectivity index (χ1n) is 7.38. The fourth-order valence-corrected chi connectivity index (χ4v) is 2.84. The molecule has 0 saturated carbocycles. The highest BCUT2D eigenvalue weighted by Crippen LogP contribution is 2.31. The van der Waals surface area contributed by atoms with E-state index in [4.69, 9.17) is 0 Å². The lowest BCUT2D eigenvalue weighted by atomic mass is 10.0. The van der Waals surface area contributed by atoms with Crippen molar-refractivity contribution in [3.63, 3.8) is 0 Å². The Labute approximate surface area is 129 Å². The maximum absolute atomic E-state index is 2.18. The Balaban J connectivity index is 1.95. The van der Waals surface area contributed by atoms with Crippen LogP contribution in [0.5, 0.6) is 0 Å². The van der Waals surface area contributed by atoms with Gasteiger partial charge in [0.25, 0.3) is 0 Å². The molecule has 0 aliphatic rings. The molecule has 2 aromatic heterocycles. The standard InChI is InChI=1S/C20H16N2/c1-3-11-19(21-13-5-6-14-21)17(9-1)18-10-2-4-12-20(18)22-15-7-8-16-22/h1-16H. The van der Waals surface area contributed by atoms with Gasteiger partial charge in [0.05, 0.1) is 11.4 Å². The van der Waals surface area contributed by atoms with Crippen LogP contribution in [0.25, 0.3) is 22.5 Å². The average molecular weight is 284 g/mol. The molecule has 0 atom stereocenters. The van der Waals surface area contributed by atoms with E-state index >= 15 is 0 Å².